The second-order valence-electron chi connectivity index (χ2n) is 14.9. The highest BCUT2D eigenvalue weighted by molar-refractivity contribution is 6.09. The normalized spacial score (nSPS) is 19.1. The predicted octanol–water partition coefficient (Wildman–Crippen LogP) is 3.81. The number of likely N-dealkylation sites (N-methyl/N-ethyl adjacent to an activating group) is 1. The van der Waals surface area contributed by atoms with Crippen molar-refractivity contribution in [2.24, 2.45) is 0 Å². The molecule has 7 heterocycles. The van der Waals surface area contributed by atoms with Crippen molar-refractivity contribution in [1.29, 1.82) is 5.41 Å². The van der Waals surface area contributed by atoms with Gasteiger partial charge < -0.3 is 34.8 Å². The number of carbonyl (C=O) groups is 2. The van der Waals surface area contributed by atoms with Crippen LogP contribution in [0.25, 0.3) is 11.3 Å². The number of pyridine rings is 2. The van der Waals surface area contributed by atoms with E-state index in [9.17, 15) is 15.0 Å². The highest BCUT2D eigenvalue weighted by Crippen LogP contribution is 2.30. The lowest BCUT2D eigenvalue weighted by molar-refractivity contribution is -0.128. The van der Waals surface area contributed by atoms with E-state index in [4.69, 9.17) is 19.8 Å². The number of nitrogens with zero attached hydrogens (tertiary/aromatic N) is 9. The quantitative estimate of drug-likeness (QED) is 0.202. The van der Waals surface area contributed by atoms with Gasteiger partial charge in [0.25, 0.3) is 0 Å². The first-order valence-corrected chi connectivity index (χ1v) is 19.6. The summed E-state index contributed by atoms with van der Waals surface area (Å²) in [4.78, 5) is 44.2. The lowest BCUT2D eigenvalue weighted by Crippen LogP contribution is -2.53. The maximum absolute atomic E-state index is 12.4. The zero-order chi connectivity index (χ0) is 38.5. The van der Waals surface area contributed by atoms with Crippen molar-refractivity contribution in [3.05, 3.63) is 65.3 Å². The third-order valence-corrected chi connectivity index (χ3v) is 11.5. The molecule has 1 amide bonds. The van der Waals surface area contributed by atoms with Crippen LogP contribution >= 0.6 is 0 Å². The molecule has 4 aliphatic heterocycles. The van der Waals surface area contributed by atoms with Crippen molar-refractivity contribution in [3.63, 3.8) is 0 Å². The van der Waals surface area contributed by atoms with Gasteiger partial charge >= 0.3 is 5.97 Å². The molecule has 3 aromatic rings. The largest absolute Gasteiger partial charge is 0.476 e. The fourth-order valence-electron chi connectivity index (χ4n) is 8.21. The minimum atomic E-state index is -1.07. The van der Waals surface area contributed by atoms with Gasteiger partial charge in [0.1, 0.15) is 11.7 Å². The molecule has 0 unspecified atom stereocenters. The first-order chi connectivity index (χ1) is 26.7. The van der Waals surface area contributed by atoms with E-state index in [1.165, 1.54) is 6.07 Å². The van der Waals surface area contributed by atoms with Gasteiger partial charge in [0.05, 0.1) is 24.1 Å². The monoisotopic (exact) mass is 751 g/mol. The predicted molar refractivity (Wildman–Crippen MR) is 212 cm³/mol. The Morgan fingerprint density at radius 3 is 2.27 bits per heavy atom. The van der Waals surface area contributed by atoms with Gasteiger partial charge in [-0.1, -0.05) is 0 Å². The Hall–Kier alpha value is -5.15. The molecule has 0 aromatic carbocycles. The minimum Gasteiger partial charge on any atom is -0.476 e. The summed E-state index contributed by atoms with van der Waals surface area (Å²) in [6.45, 7) is 14.3. The van der Waals surface area contributed by atoms with Crippen molar-refractivity contribution in [3.8, 4) is 11.3 Å². The van der Waals surface area contributed by atoms with Gasteiger partial charge in [-0.3, -0.25) is 20.1 Å². The molecule has 4 aliphatic rings. The van der Waals surface area contributed by atoms with E-state index >= 15 is 0 Å². The Balaban J connectivity index is 0.956. The van der Waals surface area contributed by atoms with E-state index in [-0.39, 0.29) is 11.6 Å². The molecular weight excluding hydrogens is 699 g/mol. The fraction of sp³-hybridized carbons (Fsp3) is 0.525. The molecule has 0 spiro atoms. The molecule has 0 atom stereocenters. The van der Waals surface area contributed by atoms with E-state index in [0.29, 0.717) is 44.0 Å². The zero-order valence-electron chi connectivity index (χ0n) is 32.2. The molecule has 0 bridgehead atoms. The van der Waals surface area contributed by atoms with Crippen LogP contribution in [0.5, 0.6) is 0 Å². The fourth-order valence-corrected chi connectivity index (χ4v) is 8.21. The standard InChI is InChI=1S/C40H53N11O4/c1-4-51(39(41)32-26-50(28(3)52)16-11-33(32)44-30-12-21-55-22-13-30)36-25-42-35(23-27(36)2)29-5-7-37(43-24-29)48-14-9-31(10-15-48)47-17-19-49(20-18-47)38-8-6-34(40(53)54)45-46-38/h5-8,23-25,30-31,41,44H,4,9-22,26H2,1-3H3,(H,53,54). The Kier molecular flexibility index (Phi) is 11.9. The molecule has 0 aliphatic carbocycles. The average molecular weight is 752 g/mol. The maximum Gasteiger partial charge on any atom is 0.356 e. The number of piperidine rings is 1. The Labute approximate surface area is 322 Å². The molecule has 3 aromatic heterocycles. The van der Waals surface area contributed by atoms with E-state index in [2.05, 4.69) is 55.3 Å². The van der Waals surface area contributed by atoms with E-state index in [1.807, 2.05) is 29.1 Å². The van der Waals surface area contributed by atoms with Crippen LogP contribution in [0.3, 0.4) is 0 Å². The number of nitrogens with one attached hydrogen (secondary N) is 2. The third-order valence-electron chi connectivity index (χ3n) is 11.5. The molecule has 0 saturated carbocycles. The number of rotatable bonds is 10. The molecule has 55 heavy (non-hydrogen) atoms. The summed E-state index contributed by atoms with van der Waals surface area (Å²) < 4.78 is 5.57. The smallest absolute Gasteiger partial charge is 0.356 e. The van der Waals surface area contributed by atoms with Crippen LogP contribution in [0.2, 0.25) is 0 Å². The number of aromatic nitrogens is 4. The number of amidine groups is 1. The van der Waals surface area contributed by atoms with Crippen LogP contribution in [0.4, 0.5) is 17.3 Å². The second-order valence-corrected chi connectivity index (χ2v) is 14.9. The maximum atomic E-state index is 12.4. The molecular formula is C40H53N11O4. The number of carboxylic acids is 1. The Bertz CT molecular complexity index is 1860. The summed E-state index contributed by atoms with van der Waals surface area (Å²) in [6.07, 6.45) is 8.48. The molecule has 15 heteroatoms. The van der Waals surface area contributed by atoms with Gasteiger partial charge in [-0.25, -0.2) is 9.78 Å². The number of carbonyl (C=O) groups excluding carboxylic acids is 1. The summed E-state index contributed by atoms with van der Waals surface area (Å²) in [6, 6.07) is 10.3. The topological polar surface area (TPSA) is 167 Å². The first kappa shape index (κ1) is 38.1. The summed E-state index contributed by atoms with van der Waals surface area (Å²) >= 11 is 0. The highest BCUT2D eigenvalue weighted by Gasteiger charge is 2.30. The molecule has 3 saturated heterocycles. The minimum absolute atomic E-state index is 0.0248. The van der Waals surface area contributed by atoms with Gasteiger partial charge in [-0.15, -0.1) is 10.2 Å². The highest BCUT2D eigenvalue weighted by atomic mass is 16.5. The SMILES string of the molecule is CCN(C(=N)C1=C(NC2CCOCC2)CCN(C(C)=O)C1)c1cnc(-c2ccc(N3CCC(N4CCN(c5ccc(C(=O)O)nn5)CC4)CC3)nc2)cc1C. The van der Waals surface area contributed by atoms with Crippen LogP contribution in [0.15, 0.2) is 54.0 Å². The van der Waals surface area contributed by atoms with Crippen molar-refractivity contribution < 1.29 is 19.4 Å². The van der Waals surface area contributed by atoms with Gasteiger partial charge in [0, 0.05) is 114 Å². The van der Waals surface area contributed by atoms with E-state index in [1.54, 1.807) is 13.0 Å². The number of aryl methyl sites for hydroxylation is 1. The van der Waals surface area contributed by atoms with Crippen molar-refractivity contribution in [2.45, 2.75) is 65.0 Å². The molecule has 3 fully saturated rings. The second kappa shape index (κ2) is 17.1. The van der Waals surface area contributed by atoms with E-state index in [0.717, 1.165) is 124 Å². The van der Waals surface area contributed by atoms with Crippen LogP contribution in [-0.4, -0.2) is 137 Å². The Morgan fingerprint density at radius 2 is 1.65 bits per heavy atom. The average Bonchev–Trinajstić information content (AvgIpc) is 3.22. The number of hydrogen-bond acceptors (Lipinski definition) is 12. The molecule has 15 nitrogen and oxygen atoms in total. The zero-order valence-corrected chi connectivity index (χ0v) is 32.2. The number of piperazine rings is 1. The van der Waals surface area contributed by atoms with Crippen molar-refractivity contribution in [1.82, 2.24) is 35.3 Å². The van der Waals surface area contributed by atoms with Crippen LogP contribution in [0, 0.1) is 12.3 Å². The molecule has 7 rings (SSSR count). The van der Waals surface area contributed by atoms with Gasteiger partial charge in [-0.2, -0.15) is 0 Å². The lowest BCUT2D eigenvalue weighted by atomic mass is 10.0. The number of ether oxygens (including phenoxy) is 1. The van der Waals surface area contributed by atoms with E-state index < -0.39 is 5.97 Å². The number of hydrogen-bond donors (Lipinski definition) is 3. The summed E-state index contributed by atoms with van der Waals surface area (Å²) in [5.41, 5.74) is 5.57. The molecule has 292 valence electrons. The van der Waals surface area contributed by atoms with Gasteiger partial charge in [0.15, 0.2) is 11.5 Å². The number of carboxylic acid groups (broad SMARTS) is 1. The summed E-state index contributed by atoms with van der Waals surface area (Å²) in [5, 5.41) is 30.2. The number of anilines is 3. The van der Waals surface area contributed by atoms with Crippen molar-refractivity contribution in [2.75, 3.05) is 86.8 Å². The van der Waals surface area contributed by atoms with Crippen LogP contribution in [-0.2, 0) is 9.53 Å². The van der Waals surface area contributed by atoms with Gasteiger partial charge in [0.2, 0.25) is 5.91 Å². The first-order valence-electron chi connectivity index (χ1n) is 19.6. The Morgan fingerprint density at radius 1 is 0.927 bits per heavy atom. The molecule has 3 N–H and O–H groups in total. The van der Waals surface area contributed by atoms with Crippen molar-refractivity contribution >= 4 is 35.0 Å². The van der Waals surface area contributed by atoms with Crippen LogP contribution < -0.4 is 20.0 Å². The number of aromatic carboxylic acids is 1. The number of amides is 1. The summed E-state index contributed by atoms with van der Waals surface area (Å²) in [5.74, 6) is 1.06. The molecule has 0 radical (unpaired) electrons. The third kappa shape index (κ3) is 8.73. The lowest BCUT2D eigenvalue weighted by Gasteiger charge is -2.43. The van der Waals surface area contributed by atoms with Crippen LogP contribution in [0.1, 0.15) is 62.0 Å². The van der Waals surface area contributed by atoms with Gasteiger partial charge in [-0.05, 0) is 75.4 Å². The summed E-state index contributed by atoms with van der Waals surface area (Å²) in [7, 11) is 0.